The number of carbonyl (C=O) groups excluding carboxylic acids is 1. The van der Waals surface area contributed by atoms with E-state index in [-0.39, 0.29) is 5.91 Å². The van der Waals surface area contributed by atoms with Crippen LogP contribution in [0.2, 0.25) is 0 Å². The third-order valence-corrected chi connectivity index (χ3v) is 3.77. The largest absolute Gasteiger partial charge is 0.356 e. The Morgan fingerprint density at radius 3 is 2.67 bits per heavy atom. The van der Waals surface area contributed by atoms with Gasteiger partial charge >= 0.3 is 0 Å². The van der Waals surface area contributed by atoms with E-state index in [2.05, 4.69) is 27.5 Å². The van der Waals surface area contributed by atoms with Crippen LogP contribution < -0.4 is 5.32 Å². The average Bonchev–Trinajstić information content (AvgIpc) is 2.96. The van der Waals surface area contributed by atoms with Gasteiger partial charge in [-0.05, 0) is 26.3 Å². The number of nitrogens with one attached hydrogen (secondary N) is 1. The number of hydrogen-bond acceptors (Lipinski definition) is 4. The van der Waals surface area contributed by atoms with Crippen LogP contribution in [0.1, 0.15) is 29.2 Å². The van der Waals surface area contributed by atoms with Crippen LogP contribution in [0.15, 0.2) is 6.33 Å². The highest BCUT2D eigenvalue weighted by molar-refractivity contribution is 5.75. The number of aromatic nitrogens is 5. The number of aryl methyl sites for hydroxylation is 3. The molecule has 0 aliphatic rings. The predicted octanol–water partition coefficient (Wildman–Crippen LogP) is 0.686. The van der Waals surface area contributed by atoms with E-state index in [9.17, 15) is 4.79 Å². The van der Waals surface area contributed by atoms with E-state index >= 15 is 0 Å². The van der Waals surface area contributed by atoms with Crippen molar-refractivity contribution in [2.75, 3.05) is 6.54 Å². The molecule has 21 heavy (non-hydrogen) atoms. The van der Waals surface area contributed by atoms with Gasteiger partial charge in [-0.15, -0.1) is 10.2 Å². The minimum atomic E-state index is 0.0300. The van der Waals surface area contributed by atoms with Crippen molar-refractivity contribution in [2.45, 2.75) is 40.2 Å². The number of carbonyl (C=O) groups is 1. The van der Waals surface area contributed by atoms with Crippen molar-refractivity contribution in [2.24, 2.45) is 7.05 Å². The molecule has 2 aromatic heterocycles. The molecule has 0 atom stereocenters. The van der Waals surface area contributed by atoms with E-state index in [0.717, 1.165) is 17.2 Å². The van der Waals surface area contributed by atoms with Crippen molar-refractivity contribution in [3.05, 3.63) is 29.1 Å². The Morgan fingerprint density at radius 2 is 2.10 bits per heavy atom. The van der Waals surface area contributed by atoms with Gasteiger partial charge in [-0.1, -0.05) is 0 Å². The van der Waals surface area contributed by atoms with Gasteiger partial charge in [0.1, 0.15) is 12.2 Å². The molecule has 1 amide bonds. The van der Waals surface area contributed by atoms with Crippen LogP contribution in [0, 0.1) is 20.8 Å². The van der Waals surface area contributed by atoms with Crippen LogP contribution in [0.3, 0.4) is 0 Å². The summed E-state index contributed by atoms with van der Waals surface area (Å²) in [7, 11) is 1.89. The maximum absolute atomic E-state index is 11.8. The van der Waals surface area contributed by atoms with Crippen molar-refractivity contribution >= 4 is 5.91 Å². The third-order valence-electron chi connectivity index (χ3n) is 3.77. The molecule has 114 valence electrons. The Bertz CT molecular complexity index is 627. The lowest BCUT2D eigenvalue weighted by molar-refractivity contribution is -0.121. The van der Waals surface area contributed by atoms with E-state index in [0.29, 0.717) is 25.9 Å². The molecule has 7 nitrogen and oxygen atoms in total. The maximum Gasteiger partial charge on any atom is 0.221 e. The topological polar surface area (TPSA) is 77.6 Å². The second-order valence-corrected chi connectivity index (χ2v) is 5.23. The minimum absolute atomic E-state index is 0.0300. The Balaban J connectivity index is 1.75. The summed E-state index contributed by atoms with van der Waals surface area (Å²) in [6, 6.07) is 0. The fourth-order valence-electron chi connectivity index (χ4n) is 2.15. The highest BCUT2D eigenvalue weighted by Crippen LogP contribution is 2.11. The molecule has 0 bridgehead atoms. The van der Waals surface area contributed by atoms with Crippen molar-refractivity contribution < 1.29 is 4.79 Å². The molecule has 0 fully saturated rings. The zero-order chi connectivity index (χ0) is 15.4. The molecule has 0 radical (unpaired) electrons. The number of nitrogens with zero attached hydrogens (tertiary/aromatic N) is 5. The monoisotopic (exact) mass is 290 g/mol. The van der Waals surface area contributed by atoms with Crippen LogP contribution in [0.4, 0.5) is 0 Å². The standard InChI is InChI=1S/C14H22N6O/c1-10-11(2)18-20(12(10)3)8-6-14(21)15-7-5-13-17-16-9-19(13)4/h9H,5-8H2,1-4H3,(H,15,21). The van der Waals surface area contributed by atoms with Gasteiger partial charge in [0.2, 0.25) is 5.91 Å². The predicted molar refractivity (Wildman–Crippen MR) is 78.8 cm³/mol. The molecule has 0 aromatic carbocycles. The summed E-state index contributed by atoms with van der Waals surface area (Å²) in [6.07, 6.45) is 2.77. The van der Waals surface area contributed by atoms with Crippen molar-refractivity contribution in [1.82, 2.24) is 29.9 Å². The van der Waals surface area contributed by atoms with E-state index in [1.165, 1.54) is 5.56 Å². The summed E-state index contributed by atoms with van der Waals surface area (Å²) in [5.74, 6) is 0.895. The highest BCUT2D eigenvalue weighted by Gasteiger charge is 2.09. The van der Waals surface area contributed by atoms with Crippen LogP contribution >= 0.6 is 0 Å². The van der Waals surface area contributed by atoms with Gasteiger partial charge in [0.15, 0.2) is 0 Å². The Labute approximate surface area is 124 Å². The summed E-state index contributed by atoms with van der Waals surface area (Å²) in [6.45, 7) is 7.24. The van der Waals surface area contributed by atoms with Crippen LogP contribution in [0.5, 0.6) is 0 Å². The number of hydrogen-bond donors (Lipinski definition) is 1. The SMILES string of the molecule is Cc1nn(CCC(=O)NCCc2nncn2C)c(C)c1C. The van der Waals surface area contributed by atoms with Gasteiger partial charge < -0.3 is 9.88 Å². The summed E-state index contributed by atoms with van der Waals surface area (Å²) < 4.78 is 3.75. The fraction of sp³-hybridized carbons (Fsp3) is 0.571. The molecule has 0 unspecified atom stereocenters. The van der Waals surface area contributed by atoms with Gasteiger partial charge in [0.05, 0.1) is 5.69 Å². The molecule has 0 saturated carbocycles. The van der Waals surface area contributed by atoms with Gasteiger partial charge in [-0.2, -0.15) is 5.10 Å². The molecular weight excluding hydrogens is 268 g/mol. The van der Waals surface area contributed by atoms with E-state index < -0.39 is 0 Å². The van der Waals surface area contributed by atoms with Crippen LogP contribution in [-0.2, 0) is 24.8 Å². The van der Waals surface area contributed by atoms with Crippen molar-refractivity contribution in [3.63, 3.8) is 0 Å². The van der Waals surface area contributed by atoms with Crippen molar-refractivity contribution in [1.29, 1.82) is 0 Å². The van der Waals surface area contributed by atoms with Crippen molar-refractivity contribution in [3.8, 4) is 0 Å². The highest BCUT2D eigenvalue weighted by atomic mass is 16.1. The molecule has 2 aromatic rings. The smallest absolute Gasteiger partial charge is 0.221 e. The van der Waals surface area contributed by atoms with Crippen LogP contribution in [-0.4, -0.2) is 37.0 Å². The average molecular weight is 290 g/mol. The van der Waals surface area contributed by atoms with Gasteiger partial charge in [-0.25, -0.2) is 0 Å². The van der Waals surface area contributed by atoms with E-state index in [1.54, 1.807) is 6.33 Å². The maximum atomic E-state index is 11.8. The lowest BCUT2D eigenvalue weighted by Crippen LogP contribution is -2.27. The van der Waals surface area contributed by atoms with E-state index in [4.69, 9.17) is 0 Å². The molecule has 0 aliphatic carbocycles. The molecule has 0 aliphatic heterocycles. The number of rotatable bonds is 6. The van der Waals surface area contributed by atoms with Gasteiger partial charge in [0.25, 0.3) is 0 Å². The lowest BCUT2D eigenvalue weighted by Gasteiger charge is -2.06. The minimum Gasteiger partial charge on any atom is -0.356 e. The molecule has 2 rings (SSSR count). The third kappa shape index (κ3) is 3.68. The summed E-state index contributed by atoms with van der Waals surface area (Å²) in [5, 5.41) is 15.1. The zero-order valence-corrected chi connectivity index (χ0v) is 13.1. The lowest BCUT2D eigenvalue weighted by atomic mass is 10.2. The second kappa shape index (κ2) is 6.51. The summed E-state index contributed by atoms with van der Waals surface area (Å²) in [4.78, 5) is 11.8. The van der Waals surface area contributed by atoms with Gasteiger partial charge in [-0.3, -0.25) is 9.48 Å². The molecule has 2 heterocycles. The van der Waals surface area contributed by atoms with Gasteiger partial charge in [0, 0.05) is 38.7 Å². The quantitative estimate of drug-likeness (QED) is 0.849. The first kappa shape index (κ1) is 15.2. The Kier molecular flexibility index (Phi) is 4.72. The molecule has 1 N–H and O–H groups in total. The molecular formula is C14H22N6O. The zero-order valence-electron chi connectivity index (χ0n) is 13.1. The molecule has 0 spiro atoms. The first-order valence-corrected chi connectivity index (χ1v) is 7.09. The molecule has 7 heteroatoms. The Hall–Kier alpha value is -2.18. The summed E-state index contributed by atoms with van der Waals surface area (Å²) >= 11 is 0. The fourth-order valence-corrected chi connectivity index (χ4v) is 2.15. The normalized spacial score (nSPS) is 10.9. The second-order valence-electron chi connectivity index (χ2n) is 5.23. The molecule has 0 saturated heterocycles. The van der Waals surface area contributed by atoms with E-state index in [1.807, 2.05) is 30.1 Å². The summed E-state index contributed by atoms with van der Waals surface area (Å²) in [5.41, 5.74) is 3.34. The first-order valence-electron chi connectivity index (χ1n) is 7.09. The Morgan fingerprint density at radius 1 is 1.33 bits per heavy atom. The van der Waals surface area contributed by atoms with Crippen LogP contribution in [0.25, 0.3) is 0 Å². The number of amides is 1. The first-order chi connectivity index (χ1) is 9.99.